The van der Waals surface area contributed by atoms with Gasteiger partial charge in [-0.05, 0) is 24.6 Å². The van der Waals surface area contributed by atoms with Gasteiger partial charge in [0, 0.05) is 12.4 Å². The predicted molar refractivity (Wildman–Crippen MR) is 55.1 cm³/mol. The molecule has 0 saturated heterocycles. The summed E-state index contributed by atoms with van der Waals surface area (Å²) < 4.78 is 10.1. The monoisotopic (exact) mass is 209 g/mol. The minimum Gasteiger partial charge on any atom is -0.466 e. The standard InChI is InChI=1S/C11H15NO3/c1-2-15-11(13)5-8-14-9-10-3-6-12-7-4-10/h3-4,6-7H,2,5,8-9H2,1H3. The van der Waals surface area contributed by atoms with Gasteiger partial charge in [-0.15, -0.1) is 0 Å². The fourth-order valence-corrected chi connectivity index (χ4v) is 1.06. The zero-order valence-electron chi connectivity index (χ0n) is 8.81. The smallest absolute Gasteiger partial charge is 0.308 e. The third-order valence-electron chi connectivity index (χ3n) is 1.77. The van der Waals surface area contributed by atoms with Crippen molar-refractivity contribution in [2.45, 2.75) is 20.0 Å². The van der Waals surface area contributed by atoms with Crippen molar-refractivity contribution in [3.05, 3.63) is 30.1 Å². The van der Waals surface area contributed by atoms with E-state index in [0.717, 1.165) is 5.56 Å². The maximum Gasteiger partial charge on any atom is 0.308 e. The van der Waals surface area contributed by atoms with E-state index in [9.17, 15) is 4.79 Å². The summed E-state index contributed by atoms with van der Waals surface area (Å²) in [6.07, 6.45) is 3.73. The van der Waals surface area contributed by atoms with Crippen LogP contribution in [0.5, 0.6) is 0 Å². The first kappa shape index (κ1) is 11.7. The minimum absolute atomic E-state index is 0.216. The van der Waals surface area contributed by atoms with Crippen LogP contribution in [0.15, 0.2) is 24.5 Å². The molecule has 4 nitrogen and oxygen atoms in total. The van der Waals surface area contributed by atoms with Crippen molar-refractivity contribution < 1.29 is 14.3 Å². The average molecular weight is 209 g/mol. The number of hydrogen-bond donors (Lipinski definition) is 0. The Kier molecular flexibility index (Phi) is 5.40. The Bertz CT molecular complexity index is 287. The molecule has 0 fully saturated rings. The van der Waals surface area contributed by atoms with Gasteiger partial charge in [0.15, 0.2) is 0 Å². The summed E-state index contributed by atoms with van der Waals surface area (Å²) >= 11 is 0. The maximum absolute atomic E-state index is 10.9. The molecule has 1 rings (SSSR count). The van der Waals surface area contributed by atoms with Gasteiger partial charge >= 0.3 is 5.97 Å². The Hall–Kier alpha value is -1.42. The molecule has 0 radical (unpaired) electrons. The molecule has 1 aromatic heterocycles. The van der Waals surface area contributed by atoms with Crippen LogP contribution in [0.25, 0.3) is 0 Å². The number of rotatable bonds is 6. The minimum atomic E-state index is -0.216. The molecule has 0 unspecified atom stereocenters. The molecule has 15 heavy (non-hydrogen) atoms. The van der Waals surface area contributed by atoms with Crippen LogP contribution in [0, 0.1) is 0 Å². The highest BCUT2D eigenvalue weighted by atomic mass is 16.5. The van der Waals surface area contributed by atoms with E-state index < -0.39 is 0 Å². The van der Waals surface area contributed by atoms with E-state index in [2.05, 4.69) is 4.98 Å². The van der Waals surface area contributed by atoms with Gasteiger partial charge in [0.1, 0.15) is 0 Å². The lowest BCUT2D eigenvalue weighted by Crippen LogP contribution is -2.08. The van der Waals surface area contributed by atoms with Crippen molar-refractivity contribution >= 4 is 5.97 Å². The van der Waals surface area contributed by atoms with E-state index in [1.807, 2.05) is 12.1 Å². The molecule has 0 saturated carbocycles. The number of carbonyl (C=O) groups is 1. The fraction of sp³-hybridized carbons (Fsp3) is 0.455. The normalized spacial score (nSPS) is 9.93. The molecule has 4 heteroatoms. The molecule has 0 spiro atoms. The van der Waals surface area contributed by atoms with Crippen LogP contribution in [-0.2, 0) is 20.9 Å². The average Bonchev–Trinajstić information content (AvgIpc) is 2.26. The summed E-state index contributed by atoms with van der Waals surface area (Å²) in [5.41, 5.74) is 1.05. The van der Waals surface area contributed by atoms with E-state index in [-0.39, 0.29) is 5.97 Å². The molecule has 1 aromatic rings. The van der Waals surface area contributed by atoms with Crippen LogP contribution in [0.2, 0.25) is 0 Å². The number of carbonyl (C=O) groups excluding carboxylic acids is 1. The van der Waals surface area contributed by atoms with Crippen LogP contribution in [0.4, 0.5) is 0 Å². The molecule has 0 N–H and O–H groups in total. The van der Waals surface area contributed by atoms with E-state index in [4.69, 9.17) is 9.47 Å². The molecule has 0 aliphatic heterocycles. The number of hydrogen-bond acceptors (Lipinski definition) is 4. The largest absolute Gasteiger partial charge is 0.466 e. The number of esters is 1. The van der Waals surface area contributed by atoms with Crippen molar-refractivity contribution in [3.8, 4) is 0 Å². The van der Waals surface area contributed by atoms with Crippen LogP contribution >= 0.6 is 0 Å². The number of ether oxygens (including phenoxy) is 2. The second-order valence-corrected chi connectivity index (χ2v) is 2.96. The van der Waals surface area contributed by atoms with Gasteiger partial charge in [0.2, 0.25) is 0 Å². The topological polar surface area (TPSA) is 48.4 Å². The van der Waals surface area contributed by atoms with E-state index in [1.54, 1.807) is 19.3 Å². The predicted octanol–water partition coefficient (Wildman–Crippen LogP) is 1.55. The lowest BCUT2D eigenvalue weighted by atomic mass is 10.3. The zero-order chi connectivity index (χ0) is 10.9. The zero-order valence-corrected chi connectivity index (χ0v) is 8.81. The lowest BCUT2D eigenvalue weighted by Gasteiger charge is -2.03. The first-order chi connectivity index (χ1) is 7.33. The Morgan fingerprint density at radius 2 is 2.13 bits per heavy atom. The van der Waals surface area contributed by atoms with Gasteiger partial charge in [0.25, 0.3) is 0 Å². The van der Waals surface area contributed by atoms with Gasteiger partial charge < -0.3 is 9.47 Å². The highest BCUT2D eigenvalue weighted by Gasteiger charge is 2.00. The summed E-state index contributed by atoms with van der Waals surface area (Å²) in [5, 5.41) is 0. The molecule has 0 aliphatic carbocycles. The first-order valence-corrected chi connectivity index (χ1v) is 4.95. The first-order valence-electron chi connectivity index (χ1n) is 4.95. The van der Waals surface area contributed by atoms with Gasteiger partial charge in [-0.2, -0.15) is 0 Å². The number of nitrogens with zero attached hydrogens (tertiary/aromatic N) is 1. The van der Waals surface area contributed by atoms with E-state index in [1.165, 1.54) is 0 Å². The molecule has 0 aliphatic rings. The van der Waals surface area contributed by atoms with Gasteiger partial charge in [0.05, 0.1) is 26.2 Å². The highest BCUT2D eigenvalue weighted by Crippen LogP contribution is 1.99. The van der Waals surface area contributed by atoms with E-state index >= 15 is 0 Å². The third-order valence-corrected chi connectivity index (χ3v) is 1.77. The summed E-state index contributed by atoms with van der Waals surface area (Å²) in [6.45, 7) is 3.10. The third kappa shape index (κ3) is 5.12. The van der Waals surface area contributed by atoms with Crippen molar-refractivity contribution in [1.29, 1.82) is 0 Å². The van der Waals surface area contributed by atoms with Crippen LogP contribution in [0.1, 0.15) is 18.9 Å². The summed E-state index contributed by atoms with van der Waals surface area (Å²) in [7, 11) is 0. The molecular formula is C11H15NO3. The highest BCUT2D eigenvalue weighted by molar-refractivity contribution is 5.69. The van der Waals surface area contributed by atoms with Gasteiger partial charge in [-0.3, -0.25) is 9.78 Å². The van der Waals surface area contributed by atoms with Gasteiger partial charge in [-0.25, -0.2) is 0 Å². The van der Waals surface area contributed by atoms with Crippen molar-refractivity contribution in [1.82, 2.24) is 4.98 Å². The Morgan fingerprint density at radius 1 is 1.40 bits per heavy atom. The number of aromatic nitrogens is 1. The van der Waals surface area contributed by atoms with Crippen molar-refractivity contribution in [3.63, 3.8) is 0 Å². The van der Waals surface area contributed by atoms with Gasteiger partial charge in [-0.1, -0.05) is 0 Å². The molecule has 0 atom stereocenters. The Balaban J connectivity index is 2.10. The molecule has 0 amide bonds. The quantitative estimate of drug-likeness (QED) is 0.527. The van der Waals surface area contributed by atoms with Crippen molar-refractivity contribution in [2.75, 3.05) is 13.2 Å². The van der Waals surface area contributed by atoms with Crippen LogP contribution in [0.3, 0.4) is 0 Å². The molecule has 1 heterocycles. The molecule has 0 aromatic carbocycles. The SMILES string of the molecule is CCOC(=O)CCOCc1ccncc1. The molecular weight excluding hydrogens is 194 g/mol. The fourth-order valence-electron chi connectivity index (χ4n) is 1.06. The van der Waals surface area contributed by atoms with Crippen molar-refractivity contribution in [2.24, 2.45) is 0 Å². The summed E-state index contributed by atoms with van der Waals surface area (Å²) in [6, 6.07) is 3.76. The number of pyridine rings is 1. The molecule has 0 bridgehead atoms. The summed E-state index contributed by atoms with van der Waals surface area (Å²) in [4.78, 5) is 14.8. The molecule has 82 valence electrons. The van der Waals surface area contributed by atoms with E-state index in [0.29, 0.717) is 26.2 Å². The second-order valence-electron chi connectivity index (χ2n) is 2.96. The van der Waals surface area contributed by atoms with Crippen LogP contribution in [-0.4, -0.2) is 24.2 Å². The Morgan fingerprint density at radius 3 is 2.80 bits per heavy atom. The second kappa shape index (κ2) is 6.95. The Labute approximate surface area is 89.2 Å². The maximum atomic E-state index is 10.9. The van der Waals surface area contributed by atoms with Crippen LogP contribution < -0.4 is 0 Å². The summed E-state index contributed by atoms with van der Waals surface area (Å²) in [5.74, 6) is -0.216. The lowest BCUT2D eigenvalue weighted by molar-refractivity contribution is -0.144.